The third-order valence-corrected chi connectivity index (χ3v) is 3.92. The van der Waals surface area contributed by atoms with Crippen molar-refractivity contribution in [1.29, 1.82) is 0 Å². The number of aliphatic imine (C=N–C) groups is 1. The molecule has 1 saturated heterocycles. The second kappa shape index (κ2) is 11.0. The Kier molecular flexibility index (Phi) is 9.46. The molecule has 4 heteroatoms. The predicted octanol–water partition coefficient (Wildman–Crippen LogP) is 2.46. The van der Waals surface area contributed by atoms with Crippen LogP contribution in [0, 0.1) is 5.92 Å². The van der Waals surface area contributed by atoms with Gasteiger partial charge in [-0.2, -0.15) is 0 Å². The van der Waals surface area contributed by atoms with Crippen LogP contribution in [0.4, 0.5) is 0 Å². The summed E-state index contributed by atoms with van der Waals surface area (Å²) in [5.74, 6) is 1.77. The number of piperidine rings is 1. The summed E-state index contributed by atoms with van der Waals surface area (Å²) in [5, 5.41) is 6.76. The molecule has 0 aromatic rings. The molecule has 4 nitrogen and oxygen atoms in total. The molecule has 0 atom stereocenters. The highest BCUT2D eigenvalue weighted by molar-refractivity contribution is 5.79. The van der Waals surface area contributed by atoms with Crippen LogP contribution in [-0.2, 0) is 0 Å². The highest BCUT2D eigenvalue weighted by Crippen LogP contribution is 2.17. The Morgan fingerprint density at radius 2 is 1.85 bits per heavy atom. The van der Waals surface area contributed by atoms with E-state index in [1.807, 2.05) is 0 Å². The van der Waals surface area contributed by atoms with E-state index in [1.165, 1.54) is 51.7 Å². The zero-order chi connectivity index (χ0) is 14.6. The number of rotatable bonds is 8. The van der Waals surface area contributed by atoms with Crippen molar-refractivity contribution < 1.29 is 0 Å². The molecule has 0 spiro atoms. The van der Waals surface area contributed by atoms with Crippen LogP contribution in [0.1, 0.15) is 52.9 Å². The zero-order valence-electron chi connectivity index (χ0n) is 13.7. The van der Waals surface area contributed by atoms with E-state index in [4.69, 9.17) is 4.99 Å². The third kappa shape index (κ3) is 7.13. The van der Waals surface area contributed by atoms with Crippen molar-refractivity contribution in [2.24, 2.45) is 10.9 Å². The van der Waals surface area contributed by atoms with Gasteiger partial charge in [0.05, 0.1) is 0 Å². The summed E-state index contributed by atoms with van der Waals surface area (Å²) in [5.41, 5.74) is 0. The van der Waals surface area contributed by atoms with Crippen molar-refractivity contribution in [3.63, 3.8) is 0 Å². The Balaban J connectivity index is 2.28. The smallest absolute Gasteiger partial charge is 0.191 e. The quantitative estimate of drug-likeness (QED) is 0.408. The Bertz CT molecular complexity index is 257. The first-order valence-corrected chi connectivity index (χ1v) is 8.54. The first kappa shape index (κ1) is 17.3. The lowest BCUT2D eigenvalue weighted by Crippen LogP contribution is -2.39. The van der Waals surface area contributed by atoms with Gasteiger partial charge in [0, 0.05) is 19.6 Å². The summed E-state index contributed by atoms with van der Waals surface area (Å²) >= 11 is 0. The molecule has 118 valence electrons. The summed E-state index contributed by atoms with van der Waals surface area (Å²) in [4.78, 5) is 7.34. The van der Waals surface area contributed by atoms with Crippen LogP contribution < -0.4 is 10.6 Å². The SMILES string of the molecule is CCCCNC(=NCC1CCN(CCC)CC1)NCC. The monoisotopic (exact) mass is 282 g/mol. The van der Waals surface area contributed by atoms with Crippen molar-refractivity contribution in [2.45, 2.75) is 52.9 Å². The fourth-order valence-electron chi connectivity index (χ4n) is 2.65. The minimum absolute atomic E-state index is 0.768. The molecule has 20 heavy (non-hydrogen) atoms. The first-order valence-electron chi connectivity index (χ1n) is 8.54. The minimum Gasteiger partial charge on any atom is -0.357 e. The summed E-state index contributed by atoms with van der Waals surface area (Å²) < 4.78 is 0. The Morgan fingerprint density at radius 1 is 1.10 bits per heavy atom. The van der Waals surface area contributed by atoms with Gasteiger partial charge in [-0.3, -0.25) is 4.99 Å². The molecule has 2 N–H and O–H groups in total. The molecule has 1 rings (SSSR count). The fourth-order valence-corrected chi connectivity index (χ4v) is 2.65. The third-order valence-electron chi connectivity index (χ3n) is 3.92. The molecule has 0 aromatic carbocycles. The molecular formula is C16H34N4. The van der Waals surface area contributed by atoms with Crippen molar-refractivity contribution in [3.05, 3.63) is 0 Å². The van der Waals surface area contributed by atoms with Crippen molar-refractivity contribution in [1.82, 2.24) is 15.5 Å². The summed E-state index contributed by atoms with van der Waals surface area (Å²) in [6.45, 7) is 13.3. The largest absolute Gasteiger partial charge is 0.357 e. The highest BCUT2D eigenvalue weighted by atomic mass is 15.2. The molecule has 0 bridgehead atoms. The van der Waals surface area contributed by atoms with Gasteiger partial charge in [0.25, 0.3) is 0 Å². The lowest BCUT2D eigenvalue weighted by molar-refractivity contribution is 0.188. The van der Waals surface area contributed by atoms with E-state index in [0.717, 1.165) is 31.5 Å². The Hall–Kier alpha value is -0.770. The van der Waals surface area contributed by atoms with Gasteiger partial charge >= 0.3 is 0 Å². The summed E-state index contributed by atoms with van der Waals surface area (Å²) in [7, 11) is 0. The zero-order valence-corrected chi connectivity index (χ0v) is 13.7. The van der Waals surface area contributed by atoms with Gasteiger partial charge in [-0.15, -0.1) is 0 Å². The van der Waals surface area contributed by atoms with Crippen LogP contribution in [0.3, 0.4) is 0 Å². The van der Waals surface area contributed by atoms with E-state index in [0.29, 0.717) is 0 Å². The summed E-state index contributed by atoms with van der Waals surface area (Å²) in [6.07, 6.45) is 6.31. The van der Waals surface area contributed by atoms with Crippen molar-refractivity contribution in [2.75, 3.05) is 39.3 Å². The molecule has 1 aliphatic heterocycles. The number of guanidine groups is 1. The average molecular weight is 282 g/mol. The predicted molar refractivity (Wildman–Crippen MR) is 88.3 cm³/mol. The molecule has 0 saturated carbocycles. The lowest BCUT2D eigenvalue weighted by Gasteiger charge is -2.31. The van der Waals surface area contributed by atoms with Gasteiger partial charge in [-0.05, 0) is 58.2 Å². The van der Waals surface area contributed by atoms with Crippen LogP contribution in [0.15, 0.2) is 4.99 Å². The van der Waals surface area contributed by atoms with Gasteiger partial charge in [-0.25, -0.2) is 0 Å². The van der Waals surface area contributed by atoms with Gasteiger partial charge < -0.3 is 15.5 Å². The lowest BCUT2D eigenvalue weighted by atomic mass is 9.97. The van der Waals surface area contributed by atoms with Gasteiger partial charge in [0.1, 0.15) is 0 Å². The van der Waals surface area contributed by atoms with Crippen LogP contribution >= 0.6 is 0 Å². The van der Waals surface area contributed by atoms with E-state index < -0.39 is 0 Å². The standard InChI is InChI=1S/C16H34N4/c1-4-7-10-18-16(17-6-3)19-14-15-8-12-20(11-5-2)13-9-15/h15H,4-14H2,1-3H3,(H2,17,18,19). The van der Waals surface area contributed by atoms with Crippen LogP contribution in [0.5, 0.6) is 0 Å². The number of nitrogens with zero attached hydrogens (tertiary/aromatic N) is 2. The van der Waals surface area contributed by atoms with E-state index in [2.05, 4.69) is 36.3 Å². The average Bonchev–Trinajstić information content (AvgIpc) is 2.47. The van der Waals surface area contributed by atoms with Gasteiger partial charge in [0.15, 0.2) is 5.96 Å². The summed E-state index contributed by atoms with van der Waals surface area (Å²) in [6, 6.07) is 0. The molecule has 0 amide bonds. The molecule has 0 unspecified atom stereocenters. The number of hydrogen-bond donors (Lipinski definition) is 2. The molecule has 0 aliphatic carbocycles. The van der Waals surface area contributed by atoms with Crippen LogP contribution in [0.25, 0.3) is 0 Å². The van der Waals surface area contributed by atoms with Crippen LogP contribution in [-0.4, -0.2) is 50.1 Å². The maximum atomic E-state index is 4.76. The molecule has 0 radical (unpaired) electrons. The maximum absolute atomic E-state index is 4.76. The van der Waals surface area contributed by atoms with Gasteiger partial charge in [-0.1, -0.05) is 20.3 Å². The topological polar surface area (TPSA) is 39.7 Å². The van der Waals surface area contributed by atoms with Crippen LogP contribution in [0.2, 0.25) is 0 Å². The number of hydrogen-bond acceptors (Lipinski definition) is 2. The number of unbranched alkanes of at least 4 members (excludes halogenated alkanes) is 1. The van der Waals surface area contributed by atoms with E-state index in [-0.39, 0.29) is 0 Å². The molecule has 1 heterocycles. The highest BCUT2D eigenvalue weighted by Gasteiger charge is 2.18. The fraction of sp³-hybridized carbons (Fsp3) is 0.938. The molecule has 1 aliphatic rings. The van der Waals surface area contributed by atoms with Gasteiger partial charge in [0.2, 0.25) is 0 Å². The number of nitrogens with one attached hydrogen (secondary N) is 2. The molecule has 0 aromatic heterocycles. The second-order valence-corrected chi connectivity index (χ2v) is 5.78. The Labute approximate surface area is 125 Å². The van der Waals surface area contributed by atoms with E-state index >= 15 is 0 Å². The normalized spacial score (nSPS) is 18.2. The number of likely N-dealkylation sites (tertiary alicyclic amines) is 1. The molecular weight excluding hydrogens is 248 g/mol. The Morgan fingerprint density at radius 3 is 2.45 bits per heavy atom. The van der Waals surface area contributed by atoms with Crippen molar-refractivity contribution in [3.8, 4) is 0 Å². The first-order chi connectivity index (χ1) is 9.80. The van der Waals surface area contributed by atoms with E-state index in [1.54, 1.807) is 0 Å². The van der Waals surface area contributed by atoms with E-state index in [9.17, 15) is 0 Å². The molecule has 1 fully saturated rings. The minimum atomic E-state index is 0.768. The second-order valence-electron chi connectivity index (χ2n) is 5.78. The van der Waals surface area contributed by atoms with Crippen molar-refractivity contribution >= 4 is 5.96 Å². The maximum Gasteiger partial charge on any atom is 0.191 e.